The van der Waals surface area contributed by atoms with Gasteiger partial charge in [-0.25, -0.2) is 0 Å². The molecule has 0 aliphatic carbocycles. The van der Waals surface area contributed by atoms with Gasteiger partial charge in [0.05, 0.1) is 11.4 Å². The molecule has 0 aliphatic heterocycles. The van der Waals surface area contributed by atoms with Crippen LogP contribution in [0.5, 0.6) is 0 Å². The van der Waals surface area contributed by atoms with Crippen molar-refractivity contribution >= 4 is 34.5 Å². The Bertz CT molecular complexity index is 953. The zero-order valence-corrected chi connectivity index (χ0v) is 17.4. The summed E-state index contributed by atoms with van der Waals surface area (Å²) < 4.78 is 5.82. The summed E-state index contributed by atoms with van der Waals surface area (Å²) in [5.74, 6) is 0.763. The van der Waals surface area contributed by atoms with Crippen molar-refractivity contribution in [2.75, 3.05) is 23.7 Å². The van der Waals surface area contributed by atoms with Crippen molar-refractivity contribution < 1.29 is 18.9 Å². The van der Waals surface area contributed by atoms with Crippen molar-refractivity contribution in [1.82, 2.24) is 10.2 Å². The highest BCUT2D eigenvalue weighted by atomic mass is 32.1. The van der Waals surface area contributed by atoms with Crippen LogP contribution in [0.15, 0.2) is 46.2 Å². The summed E-state index contributed by atoms with van der Waals surface area (Å²) in [5, 5.41) is 15.8. The van der Waals surface area contributed by atoms with Gasteiger partial charge in [0.1, 0.15) is 0 Å². The summed E-state index contributed by atoms with van der Waals surface area (Å²) in [6.45, 7) is 6.43. The minimum atomic E-state index is -0.138. The van der Waals surface area contributed by atoms with E-state index in [0.29, 0.717) is 23.2 Å². The third-order valence-electron chi connectivity index (χ3n) is 4.49. The van der Waals surface area contributed by atoms with E-state index in [2.05, 4.69) is 20.8 Å². The maximum absolute atomic E-state index is 12.5. The van der Waals surface area contributed by atoms with E-state index in [1.807, 2.05) is 31.4 Å². The molecule has 152 valence electrons. The van der Waals surface area contributed by atoms with Crippen LogP contribution in [-0.2, 0) is 9.59 Å². The molecule has 1 aromatic carbocycles. The zero-order chi connectivity index (χ0) is 20.8. The molecule has 8 nitrogen and oxygen atoms in total. The van der Waals surface area contributed by atoms with Crippen LogP contribution in [-0.4, -0.2) is 35.1 Å². The SMILES string of the molecule is CC[NH+](CC(=O)Nc1ccc(NC(C)=O)cc1)[C@@H](C)c1nnc(-c2cccs2)o1. The minimum Gasteiger partial charge on any atom is -0.414 e. The Kier molecular flexibility index (Phi) is 6.73. The van der Waals surface area contributed by atoms with Gasteiger partial charge >= 0.3 is 0 Å². The number of nitrogens with zero attached hydrogens (tertiary/aromatic N) is 2. The fourth-order valence-electron chi connectivity index (χ4n) is 2.92. The predicted molar refractivity (Wildman–Crippen MR) is 112 cm³/mol. The van der Waals surface area contributed by atoms with E-state index in [-0.39, 0.29) is 24.4 Å². The lowest BCUT2D eigenvalue weighted by Crippen LogP contribution is -3.12. The second-order valence-electron chi connectivity index (χ2n) is 6.64. The highest BCUT2D eigenvalue weighted by Crippen LogP contribution is 2.24. The maximum atomic E-state index is 12.5. The molecule has 0 saturated carbocycles. The second-order valence-corrected chi connectivity index (χ2v) is 7.59. The largest absolute Gasteiger partial charge is 0.414 e. The van der Waals surface area contributed by atoms with Gasteiger partial charge in [0.25, 0.3) is 17.7 Å². The van der Waals surface area contributed by atoms with E-state index in [1.54, 1.807) is 35.6 Å². The number of hydrogen-bond donors (Lipinski definition) is 3. The number of benzene rings is 1. The molecule has 2 amide bonds. The van der Waals surface area contributed by atoms with Gasteiger partial charge in [0.15, 0.2) is 12.6 Å². The Morgan fingerprint density at radius 1 is 1.14 bits per heavy atom. The monoisotopic (exact) mass is 414 g/mol. The Hall–Kier alpha value is -3.04. The number of amides is 2. The van der Waals surface area contributed by atoms with Crippen LogP contribution >= 0.6 is 11.3 Å². The fourth-order valence-corrected chi connectivity index (χ4v) is 3.56. The van der Waals surface area contributed by atoms with E-state index in [4.69, 9.17) is 4.42 Å². The van der Waals surface area contributed by atoms with Crippen LogP contribution in [0.2, 0.25) is 0 Å². The Balaban J connectivity index is 1.60. The highest BCUT2D eigenvalue weighted by molar-refractivity contribution is 7.13. The summed E-state index contributed by atoms with van der Waals surface area (Å²) in [6, 6.07) is 10.7. The molecule has 0 spiro atoms. The number of hydrogen-bond acceptors (Lipinski definition) is 6. The van der Waals surface area contributed by atoms with Crippen LogP contribution in [0.3, 0.4) is 0 Å². The molecule has 2 atom stereocenters. The topological polar surface area (TPSA) is 102 Å². The van der Waals surface area contributed by atoms with Gasteiger partial charge in [0.2, 0.25) is 5.91 Å². The van der Waals surface area contributed by atoms with Gasteiger partial charge in [-0.05, 0) is 49.6 Å². The Labute approximate surface area is 172 Å². The number of carbonyl (C=O) groups is 2. The fraction of sp³-hybridized carbons (Fsp3) is 0.300. The molecule has 3 N–H and O–H groups in total. The van der Waals surface area contributed by atoms with Crippen molar-refractivity contribution in [2.45, 2.75) is 26.8 Å². The zero-order valence-electron chi connectivity index (χ0n) is 16.6. The number of thiophene rings is 1. The van der Waals surface area contributed by atoms with E-state index >= 15 is 0 Å². The summed E-state index contributed by atoms with van der Waals surface area (Å²) in [4.78, 5) is 25.5. The molecule has 0 saturated heterocycles. The van der Waals surface area contributed by atoms with Crippen molar-refractivity contribution in [3.8, 4) is 10.8 Å². The van der Waals surface area contributed by atoms with E-state index in [9.17, 15) is 9.59 Å². The molecule has 2 aromatic heterocycles. The van der Waals surface area contributed by atoms with Crippen LogP contribution in [0.1, 0.15) is 32.7 Å². The molecule has 1 unspecified atom stereocenters. The molecule has 0 fully saturated rings. The Morgan fingerprint density at radius 2 is 1.83 bits per heavy atom. The van der Waals surface area contributed by atoms with Gasteiger partial charge < -0.3 is 20.0 Å². The van der Waals surface area contributed by atoms with E-state index in [0.717, 1.165) is 16.3 Å². The first-order valence-electron chi connectivity index (χ1n) is 9.35. The molecule has 9 heteroatoms. The lowest BCUT2D eigenvalue weighted by atomic mass is 10.2. The average Bonchev–Trinajstić information content (AvgIpc) is 3.38. The molecule has 29 heavy (non-hydrogen) atoms. The first-order valence-corrected chi connectivity index (χ1v) is 10.2. The van der Waals surface area contributed by atoms with E-state index in [1.165, 1.54) is 6.92 Å². The molecule has 0 radical (unpaired) electrons. The van der Waals surface area contributed by atoms with Gasteiger partial charge in [-0.1, -0.05) is 6.07 Å². The normalized spacial score (nSPS) is 12.9. The van der Waals surface area contributed by atoms with Gasteiger partial charge in [-0.2, -0.15) is 0 Å². The molecular weight excluding hydrogens is 390 g/mol. The highest BCUT2D eigenvalue weighted by Gasteiger charge is 2.26. The molecule has 2 heterocycles. The Morgan fingerprint density at radius 3 is 2.41 bits per heavy atom. The van der Waals surface area contributed by atoms with Gasteiger partial charge in [-0.15, -0.1) is 21.5 Å². The summed E-state index contributed by atoms with van der Waals surface area (Å²) >= 11 is 1.54. The van der Waals surface area contributed by atoms with Gasteiger partial charge in [-0.3, -0.25) is 9.59 Å². The third kappa shape index (κ3) is 5.49. The molecule has 0 bridgehead atoms. The van der Waals surface area contributed by atoms with Crippen LogP contribution in [0.4, 0.5) is 11.4 Å². The van der Waals surface area contributed by atoms with Crippen molar-refractivity contribution in [1.29, 1.82) is 0 Å². The van der Waals surface area contributed by atoms with Crippen LogP contribution in [0, 0.1) is 0 Å². The molecular formula is C20H24N5O3S+. The number of likely N-dealkylation sites (N-methyl/N-ethyl adjacent to an activating group) is 1. The number of aromatic nitrogens is 2. The van der Waals surface area contributed by atoms with Crippen molar-refractivity contribution in [3.05, 3.63) is 47.7 Å². The predicted octanol–water partition coefficient (Wildman–Crippen LogP) is 2.36. The van der Waals surface area contributed by atoms with Gasteiger partial charge in [0, 0.05) is 18.3 Å². The minimum absolute atomic E-state index is 0.112. The smallest absolute Gasteiger partial charge is 0.279 e. The number of quaternary nitrogens is 1. The van der Waals surface area contributed by atoms with E-state index < -0.39 is 0 Å². The number of anilines is 2. The summed E-state index contributed by atoms with van der Waals surface area (Å²) in [5.41, 5.74) is 1.35. The molecule has 0 aliphatic rings. The lowest BCUT2D eigenvalue weighted by molar-refractivity contribution is -0.921. The number of nitrogens with one attached hydrogen (secondary N) is 3. The van der Waals surface area contributed by atoms with Crippen molar-refractivity contribution in [3.63, 3.8) is 0 Å². The van der Waals surface area contributed by atoms with Crippen LogP contribution < -0.4 is 15.5 Å². The quantitative estimate of drug-likeness (QED) is 0.525. The first kappa shape index (κ1) is 20.7. The first-order chi connectivity index (χ1) is 14.0. The lowest BCUT2D eigenvalue weighted by Gasteiger charge is -2.21. The average molecular weight is 415 g/mol. The van der Waals surface area contributed by atoms with Crippen molar-refractivity contribution in [2.24, 2.45) is 0 Å². The van der Waals surface area contributed by atoms with Crippen LogP contribution in [0.25, 0.3) is 10.8 Å². The number of rotatable bonds is 8. The summed E-state index contributed by atoms with van der Waals surface area (Å²) in [6.07, 6.45) is 0. The summed E-state index contributed by atoms with van der Waals surface area (Å²) in [7, 11) is 0. The maximum Gasteiger partial charge on any atom is 0.279 e. The third-order valence-corrected chi connectivity index (χ3v) is 5.34. The number of carbonyl (C=O) groups excluding carboxylic acids is 2. The molecule has 3 aromatic rings. The standard InChI is InChI=1S/C20H23N5O3S/c1-4-25(13(2)19-23-24-20(28-19)17-6-5-11-29-17)12-18(27)22-16-9-7-15(8-10-16)21-14(3)26/h5-11,13H,4,12H2,1-3H3,(H,21,26)(H,22,27)/p+1/t13-/m0/s1. The molecule has 3 rings (SSSR count). The second kappa shape index (κ2) is 9.44.